The van der Waals surface area contributed by atoms with Crippen molar-refractivity contribution in [1.82, 2.24) is 9.88 Å². The largest absolute Gasteiger partial charge is 0.356 e. The molecule has 3 nitrogen and oxygen atoms in total. The van der Waals surface area contributed by atoms with Crippen LogP contribution in [-0.4, -0.2) is 43.1 Å². The van der Waals surface area contributed by atoms with E-state index in [2.05, 4.69) is 53.9 Å². The van der Waals surface area contributed by atoms with Gasteiger partial charge in [-0.05, 0) is 51.4 Å². The van der Waals surface area contributed by atoms with Crippen LogP contribution in [-0.2, 0) is 0 Å². The zero-order valence-corrected chi connectivity index (χ0v) is 11.9. The van der Waals surface area contributed by atoms with Gasteiger partial charge in [-0.15, -0.1) is 0 Å². The van der Waals surface area contributed by atoms with E-state index < -0.39 is 0 Å². The fourth-order valence-electron chi connectivity index (χ4n) is 2.81. The highest BCUT2D eigenvalue weighted by molar-refractivity contribution is 5.40. The zero-order valence-electron chi connectivity index (χ0n) is 11.9. The number of anilines is 1. The summed E-state index contributed by atoms with van der Waals surface area (Å²) in [6, 6.07) is 6.30. The fraction of sp³-hybridized carbons (Fsp3) is 0.667. The Kier molecular flexibility index (Phi) is 4.59. The molecule has 0 aromatic carbocycles. The molecule has 0 amide bonds. The van der Waals surface area contributed by atoms with E-state index in [4.69, 9.17) is 0 Å². The highest BCUT2D eigenvalue weighted by Crippen LogP contribution is 2.22. The summed E-state index contributed by atoms with van der Waals surface area (Å²) in [4.78, 5) is 9.50. The van der Waals surface area contributed by atoms with Gasteiger partial charge >= 0.3 is 0 Å². The van der Waals surface area contributed by atoms with Crippen molar-refractivity contribution < 1.29 is 0 Å². The number of hydrogen-bond donors (Lipinski definition) is 0. The minimum absolute atomic E-state index is 0.795. The quantitative estimate of drug-likeness (QED) is 0.797. The summed E-state index contributed by atoms with van der Waals surface area (Å²) in [5.74, 6) is 1.94. The molecule has 1 aliphatic rings. The van der Waals surface area contributed by atoms with Crippen molar-refractivity contribution in [2.75, 3.05) is 38.1 Å². The van der Waals surface area contributed by atoms with Crippen LogP contribution in [0, 0.1) is 12.8 Å². The lowest BCUT2D eigenvalue weighted by Gasteiger charge is -2.21. The molecule has 2 rings (SSSR count). The molecule has 0 spiro atoms. The van der Waals surface area contributed by atoms with E-state index in [0.717, 1.165) is 30.5 Å². The lowest BCUT2D eigenvalue weighted by atomic mass is 10.1. The summed E-state index contributed by atoms with van der Waals surface area (Å²) in [5, 5.41) is 0. The van der Waals surface area contributed by atoms with Gasteiger partial charge in [0.2, 0.25) is 0 Å². The molecule has 18 heavy (non-hydrogen) atoms. The molecule has 0 bridgehead atoms. The maximum atomic E-state index is 4.62. The molecule has 2 heterocycles. The van der Waals surface area contributed by atoms with Gasteiger partial charge in [0, 0.05) is 25.3 Å². The summed E-state index contributed by atoms with van der Waals surface area (Å²) < 4.78 is 0. The van der Waals surface area contributed by atoms with E-state index in [1.54, 1.807) is 0 Å². The third kappa shape index (κ3) is 3.45. The van der Waals surface area contributed by atoms with Crippen molar-refractivity contribution in [2.45, 2.75) is 26.7 Å². The Morgan fingerprint density at radius 3 is 3.00 bits per heavy atom. The minimum atomic E-state index is 0.795. The molecule has 1 aromatic rings. The molecule has 100 valence electrons. The van der Waals surface area contributed by atoms with E-state index in [9.17, 15) is 0 Å². The van der Waals surface area contributed by atoms with E-state index in [0.29, 0.717) is 0 Å². The first kappa shape index (κ1) is 13.3. The average Bonchev–Trinajstić information content (AvgIpc) is 2.78. The van der Waals surface area contributed by atoms with Crippen LogP contribution in [0.2, 0.25) is 0 Å². The van der Waals surface area contributed by atoms with Crippen LogP contribution in [0.3, 0.4) is 0 Å². The molecule has 0 N–H and O–H groups in total. The molecule has 0 aliphatic carbocycles. The Labute approximate surface area is 111 Å². The van der Waals surface area contributed by atoms with Crippen LogP contribution in [0.25, 0.3) is 0 Å². The van der Waals surface area contributed by atoms with Gasteiger partial charge in [-0.25, -0.2) is 4.98 Å². The SMILES string of the molecule is CCCN(C)CC1CCN(c2cccc(C)n2)C1. The number of nitrogens with zero attached hydrogens (tertiary/aromatic N) is 3. The number of hydrogen-bond acceptors (Lipinski definition) is 3. The van der Waals surface area contributed by atoms with Crippen LogP contribution in [0.5, 0.6) is 0 Å². The van der Waals surface area contributed by atoms with Crippen molar-refractivity contribution in [2.24, 2.45) is 5.92 Å². The van der Waals surface area contributed by atoms with E-state index in [1.807, 2.05) is 0 Å². The molecule has 1 unspecified atom stereocenters. The second-order valence-electron chi connectivity index (χ2n) is 5.50. The van der Waals surface area contributed by atoms with E-state index in [-0.39, 0.29) is 0 Å². The number of aromatic nitrogens is 1. The van der Waals surface area contributed by atoms with Gasteiger partial charge in [-0.2, -0.15) is 0 Å². The third-order valence-electron chi connectivity index (χ3n) is 3.66. The van der Waals surface area contributed by atoms with E-state index >= 15 is 0 Å². The topological polar surface area (TPSA) is 19.4 Å². The van der Waals surface area contributed by atoms with Gasteiger partial charge in [0.25, 0.3) is 0 Å². The van der Waals surface area contributed by atoms with Crippen LogP contribution in [0.15, 0.2) is 18.2 Å². The first-order chi connectivity index (χ1) is 8.69. The Balaban J connectivity index is 1.88. The smallest absolute Gasteiger partial charge is 0.128 e. The second-order valence-corrected chi connectivity index (χ2v) is 5.50. The third-order valence-corrected chi connectivity index (χ3v) is 3.66. The normalized spacial score (nSPS) is 19.8. The van der Waals surface area contributed by atoms with E-state index in [1.165, 1.54) is 25.9 Å². The molecular weight excluding hydrogens is 222 g/mol. The predicted molar refractivity (Wildman–Crippen MR) is 77.1 cm³/mol. The van der Waals surface area contributed by atoms with Crippen molar-refractivity contribution in [1.29, 1.82) is 0 Å². The lowest BCUT2D eigenvalue weighted by Crippen LogP contribution is -2.29. The summed E-state index contributed by atoms with van der Waals surface area (Å²) in [5.41, 5.74) is 1.11. The molecule has 1 aliphatic heterocycles. The van der Waals surface area contributed by atoms with Gasteiger partial charge in [0.1, 0.15) is 5.82 Å². The molecule has 0 saturated carbocycles. The molecule has 1 aromatic heterocycles. The zero-order chi connectivity index (χ0) is 13.0. The maximum absolute atomic E-state index is 4.62. The first-order valence-corrected chi connectivity index (χ1v) is 7.06. The fourth-order valence-corrected chi connectivity index (χ4v) is 2.81. The summed E-state index contributed by atoms with van der Waals surface area (Å²) >= 11 is 0. The Hall–Kier alpha value is -1.09. The second kappa shape index (κ2) is 6.19. The molecule has 1 saturated heterocycles. The molecule has 3 heteroatoms. The Morgan fingerprint density at radius 1 is 1.44 bits per heavy atom. The van der Waals surface area contributed by atoms with Crippen LogP contribution >= 0.6 is 0 Å². The molecule has 1 atom stereocenters. The van der Waals surface area contributed by atoms with Gasteiger partial charge < -0.3 is 9.80 Å². The summed E-state index contributed by atoms with van der Waals surface area (Å²) in [6.07, 6.45) is 2.54. The van der Waals surface area contributed by atoms with Gasteiger partial charge in [-0.3, -0.25) is 0 Å². The highest BCUT2D eigenvalue weighted by atomic mass is 15.2. The Bertz CT molecular complexity index is 378. The minimum Gasteiger partial charge on any atom is -0.356 e. The summed E-state index contributed by atoms with van der Waals surface area (Å²) in [7, 11) is 2.23. The van der Waals surface area contributed by atoms with Crippen molar-refractivity contribution in [3.8, 4) is 0 Å². The van der Waals surface area contributed by atoms with Crippen LogP contribution in [0.4, 0.5) is 5.82 Å². The number of aryl methyl sites for hydroxylation is 1. The van der Waals surface area contributed by atoms with Crippen LogP contribution < -0.4 is 4.90 Å². The highest BCUT2D eigenvalue weighted by Gasteiger charge is 2.24. The van der Waals surface area contributed by atoms with Crippen LogP contribution in [0.1, 0.15) is 25.5 Å². The molecular formula is C15H25N3. The maximum Gasteiger partial charge on any atom is 0.128 e. The predicted octanol–water partition coefficient (Wildman–Crippen LogP) is 2.56. The number of pyridine rings is 1. The van der Waals surface area contributed by atoms with Gasteiger partial charge in [0.15, 0.2) is 0 Å². The Morgan fingerprint density at radius 2 is 2.28 bits per heavy atom. The van der Waals surface area contributed by atoms with Crippen molar-refractivity contribution in [3.05, 3.63) is 23.9 Å². The van der Waals surface area contributed by atoms with Gasteiger partial charge in [0.05, 0.1) is 0 Å². The molecule has 0 radical (unpaired) electrons. The summed E-state index contributed by atoms with van der Waals surface area (Å²) in [6.45, 7) is 9.04. The standard InChI is InChI=1S/C15H25N3/c1-4-9-17(3)11-14-8-10-18(12-14)15-7-5-6-13(2)16-15/h5-7,14H,4,8-12H2,1-3H3. The van der Waals surface area contributed by atoms with Gasteiger partial charge in [-0.1, -0.05) is 13.0 Å². The lowest BCUT2D eigenvalue weighted by molar-refractivity contribution is 0.287. The first-order valence-electron chi connectivity index (χ1n) is 7.06. The monoisotopic (exact) mass is 247 g/mol. The van der Waals surface area contributed by atoms with Crippen molar-refractivity contribution >= 4 is 5.82 Å². The average molecular weight is 247 g/mol. The van der Waals surface area contributed by atoms with Crippen molar-refractivity contribution in [3.63, 3.8) is 0 Å². The molecule has 1 fully saturated rings. The number of rotatable bonds is 5.